The van der Waals surface area contributed by atoms with Crippen LogP contribution in [0.3, 0.4) is 0 Å². The highest BCUT2D eigenvalue weighted by Gasteiger charge is 1.88. The van der Waals surface area contributed by atoms with Crippen molar-refractivity contribution in [2.24, 2.45) is 0 Å². The second-order valence-corrected chi connectivity index (χ2v) is 2.71. The van der Waals surface area contributed by atoms with Crippen LogP contribution in [-0.2, 0) is 4.79 Å². The number of carbonyl (C=O) groups excluding carboxylic acids is 1. The fourth-order valence-corrected chi connectivity index (χ4v) is 0.768. The maximum absolute atomic E-state index is 10.6. The molecule has 58 valence electrons. The SMILES string of the molecule is CCCC/C=C/C(=O)CBr. The van der Waals surface area contributed by atoms with Crippen molar-refractivity contribution in [1.29, 1.82) is 0 Å². The third-order valence-electron chi connectivity index (χ3n) is 1.16. The second kappa shape index (κ2) is 7.00. The van der Waals surface area contributed by atoms with Crippen LogP contribution in [0.15, 0.2) is 12.2 Å². The van der Waals surface area contributed by atoms with Gasteiger partial charge < -0.3 is 0 Å². The molecule has 0 saturated heterocycles. The van der Waals surface area contributed by atoms with Crippen LogP contribution in [0.5, 0.6) is 0 Å². The highest BCUT2D eigenvalue weighted by Crippen LogP contribution is 1.95. The first kappa shape index (κ1) is 9.89. The van der Waals surface area contributed by atoms with Gasteiger partial charge in [0.25, 0.3) is 0 Å². The molecule has 1 nitrogen and oxygen atoms in total. The maximum atomic E-state index is 10.6. The Labute approximate surface area is 70.6 Å². The minimum atomic E-state index is 0.149. The number of hydrogen-bond acceptors (Lipinski definition) is 1. The molecule has 0 aromatic heterocycles. The zero-order valence-electron chi connectivity index (χ0n) is 6.27. The standard InChI is InChI=1S/C8H13BrO/c1-2-3-4-5-6-8(10)7-9/h5-6H,2-4,7H2,1H3/b6-5+. The quantitative estimate of drug-likeness (QED) is 0.383. The lowest BCUT2D eigenvalue weighted by Gasteiger charge is -1.86. The van der Waals surface area contributed by atoms with Gasteiger partial charge in [0.05, 0.1) is 5.33 Å². The van der Waals surface area contributed by atoms with E-state index in [1.54, 1.807) is 6.08 Å². The van der Waals surface area contributed by atoms with E-state index in [1.165, 1.54) is 12.8 Å². The summed E-state index contributed by atoms with van der Waals surface area (Å²) < 4.78 is 0. The van der Waals surface area contributed by atoms with Gasteiger partial charge in [-0.25, -0.2) is 0 Å². The molecule has 0 spiro atoms. The van der Waals surface area contributed by atoms with Crippen molar-refractivity contribution >= 4 is 21.7 Å². The van der Waals surface area contributed by atoms with Crippen LogP contribution < -0.4 is 0 Å². The van der Waals surface area contributed by atoms with Crippen LogP contribution in [0.2, 0.25) is 0 Å². The number of allylic oxidation sites excluding steroid dienone is 2. The summed E-state index contributed by atoms with van der Waals surface area (Å²) in [4.78, 5) is 10.6. The Morgan fingerprint density at radius 3 is 2.80 bits per heavy atom. The van der Waals surface area contributed by atoms with Crippen LogP contribution in [0.1, 0.15) is 26.2 Å². The van der Waals surface area contributed by atoms with Gasteiger partial charge >= 0.3 is 0 Å². The number of halogens is 1. The van der Waals surface area contributed by atoms with Gasteiger partial charge in [-0.05, 0) is 12.5 Å². The van der Waals surface area contributed by atoms with E-state index in [4.69, 9.17) is 0 Å². The molecule has 0 aliphatic carbocycles. The van der Waals surface area contributed by atoms with Crippen LogP contribution in [-0.4, -0.2) is 11.1 Å². The summed E-state index contributed by atoms with van der Waals surface area (Å²) in [5.41, 5.74) is 0. The largest absolute Gasteiger partial charge is 0.294 e. The van der Waals surface area contributed by atoms with E-state index in [9.17, 15) is 4.79 Å². The third-order valence-corrected chi connectivity index (χ3v) is 1.71. The molecule has 0 radical (unpaired) electrons. The minimum Gasteiger partial charge on any atom is -0.294 e. The Morgan fingerprint density at radius 2 is 2.30 bits per heavy atom. The first-order chi connectivity index (χ1) is 4.81. The summed E-state index contributed by atoms with van der Waals surface area (Å²) in [6.45, 7) is 2.14. The van der Waals surface area contributed by atoms with E-state index in [1.807, 2.05) is 6.08 Å². The Hall–Kier alpha value is -0.110. The van der Waals surface area contributed by atoms with Gasteiger partial charge in [0.2, 0.25) is 0 Å². The molecule has 0 aromatic rings. The fraction of sp³-hybridized carbons (Fsp3) is 0.625. The lowest BCUT2D eigenvalue weighted by Crippen LogP contribution is -1.90. The van der Waals surface area contributed by atoms with Gasteiger partial charge in [-0.2, -0.15) is 0 Å². The van der Waals surface area contributed by atoms with Crippen LogP contribution >= 0.6 is 15.9 Å². The molecule has 0 N–H and O–H groups in total. The molecule has 0 aliphatic rings. The first-order valence-corrected chi connectivity index (χ1v) is 4.68. The molecule has 0 saturated carbocycles. The molecule has 0 bridgehead atoms. The van der Waals surface area contributed by atoms with Crippen molar-refractivity contribution in [3.05, 3.63) is 12.2 Å². The van der Waals surface area contributed by atoms with E-state index in [0.717, 1.165) is 6.42 Å². The predicted octanol–water partition coefficient (Wildman–Crippen LogP) is 2.70. The van der Waals surface area contributed by atoms with Crippen LogP contribution in [0, 0.1) is 0 Å². The average Bonchev–Trinajstić information content (AvgIpc) is 1.98. The van der Waals surface area contributed by atoms with Gasteiger partial charge in [0, 0.05) is 0 Å². The molecule has 0 aromatic carbocycles. The van der Waals surface area contributed by atoms with Crippen molar-refractivity contribution in [2.75, 3.05) is 5.33 Å². The van der Waals surface area contributed by atoms with Gasteiger partial charge in [-0.1, -0.05) is 41.8 Å². The molecular weight excluding hydrogens is 192 g/mol. The van der Waals surface area contributed by atoms with Gasteiger partial charge in [-0.3, -0.25) is 4.79 Å². The molecule has 0 atom stereocenters. The van der Waals surface area contributed by atoms with E-state index >= 15 is 0 Å². The summed E-state index contributed by atoms with van der Waals surface area (Å²) in [5.74, 6) is 0.149. The number of unbranched alkanes of at least 4 members (excludes halogenated alkanes) is 2. The van der Waals surface area contributed by atoms with Crippen molar-refractivity contribution < 1.29 is 4.79 Å². The lowest BCUT2D eigenvalue weighted by molar-refractivity contribution is -0.112. The molecule has 10 heavy (non-hydrogen) atoms. The smallest absolute Gasteiger partial charge is 0.165 e. The highest BCUT2D eigenvalue weighted by molar-refractivity contribution is 9.09. The zero-order valence-corrected chi connectivity index (χ0v) is 7.86. The fourth-order valence-electron chi connectivity index (χ4n) is 0.581. The second-order valence-electron chi connectivity index (χ2n) is 2.14. The van der Waals surface area contributed by atoms with Gasteiger partial charge in [0.15, 0.2) is 5.78 Å². The van der Waals surface area contributed by atoms with Gasteiger partial charge in [-0.15, -0.1) is 0 Å². The summed E-state index contributed by atoms with van der Waals surface area (Å²) in [5, 5.41) is 0.440. The number of alkyl halides is 1. The molecule has 0 aliphatic heterocycles. The normalized spacial score (nSPS) is 10.6. The summed E-state index contributed by atoms with van der Waals surface area (Å²) >= 11 is 3.08. The average molecular weight is 205 g/mol. The predicted molar refractivity (Wildman–Crippen MR) is 47.5 cm³/mol. The number of ketones is 1. The van der Waals surface area contributed by atoms with Gasteiger partial charge in [0.1, 0.15) is 0 Å². The summed E-state index contributed by atoms with van der Waals surface area (Å²) in [6, 6.07) is 0. The third kappa shape index (κ3) is 6.02. The molecule has 0 heterocycles. The Morgan fingerprint density at radius 1 is 1.60 bits per heavy atom. The molecule has 0 amide bonds. The first-order valence-electron chi connectivity index (χ1n) is 3.56. The summed E-state index contributed by atoms with van der Waals surface area (Å²) in [7, 11) is 0. The van der Waals surface area contributed by atoms with E-state index in [2.05, 4.69) is 22.9 Å². The molecule has 0 fully saturated rings. The van der Waals surface area contributed by atoms with Crippen molar-refractivity contribution in [1.82, 2.24) is 0 Å². The number of rotatable bonds is 5. The van der Waals surface area contributed by atoms with Crippen LogP contribution in [0.25, 0.3) is 0 Å². The maximum Gasteiger partial charge on any atom is 0.165 e. The summed E-state index contributed by atoms with van der Waals surface area (Å²) in [6.07, 6.45) is 6.96. The Balaban J connectivity index is 3.27. The Bertz CT molecular complexity index is 118. The number of carbonyl (C=O) groups is 1. The van der Waals surface area contributed by atoms with E-state index in [-0.39, 0.29) is 5.78 Å². The van der Waals surface area contributed by atoms with Crippen molar-refractivity contribution in [3.63, 3.8) is 0 Å². The monoisotopic (exact) mass is 204 g/mol. The van der Waals surface area contributed by atoms with Crippen molar-refractivity contribution in [3.8, 4) is 0 Å². The van der Waals surface area contributed by atoms with Crippen LogP contribution in [0.4, 0.5) is 0 Å². The molecule has 2 heteroatoms. The number of hydrogen-bond donors (Lipinski definition) is 0. The zero-order chi connectivity index (χ0) is 7.82. The van der Waals surface area contributed by atoms with E-state index in [0.29, 0.717) is 5.33 Å². The lowest BCUT2D eigenvalue weighted by atomic mass is 10.2. The minimum absolute atomic E-state index is 0.149. The molecular formula is C8H13BrO. The highest BCUT2D eigenvalue weighted by atomic mass is 79.9. The van der Waals surface area contributed by atoms with E-state index < -0.39 is 0 Å². The van der Waals surface area contributed by atoms with Crippen molar-refractivity contribution in [2.45, 2.75) is 26.2 Å². The Kier molecular flexibility index (Phi) is 6.93. The topological polar surface area (TPSA) is 17.1 Å². The molecule has 0 unspecified atom stereocenters. The molecule has 0 rings (SSSR count).